The predicted molar refractivity (Wildman–Crippen MR) is 69.5 cm³/mol. The summed E-state index contributed by atoms with van der Waals surface area (Å²) in [6.45, 7) is 3.63. The maximum Gasteiger partial charge on any atom is 0.225 e. The summed E-state index contributed by atoms with van der Waals surface area (Å²) in [7, 11) is 0. The molecule has 0 N–H and O–H groups in total. The fraction of sp³-hybridized carbons (Fsp3) is 0.533. The van der Waals surface area contributed by atoms with Gasteiger partial charge in [-0.1, -0.05) is 43.2 Å². The Morgan fingerprint density at radius 2 is 1.88 bits per heavy atom. The van der Waals surface area contributed by atoms with Gasteiger partial charge in [-0.2, -0.15) is 0 Å². The molecule has 1 aliphatic rings. The third-order valence-electron chi connectivity index (χ3n) is 3.61. The highest BCUT2D eigenvalue weighted by Gasteiger charge is 2.26. The minimum atomic E-state index is 0.290. The molecule has 2 nitrogen and oxygen atoms in total. The fourth-order valence-corrected chi connectivity index (χ4v) is 2.58. The van der Waals surface area contributed by atoms with Crippen LogP contribution in [0.25, 0.3) is 0 Å². The van der Waals surface area contributed by atoms with E-state index in [0.717, 1.165) is 25.9 Å². The van der Waals surface area contributed by atoms with Gasteiger partial charge in [0.1, 0.15) is 0 Å². The van der Waals surface area contributed by atoms with Gasteiger partial charge in [0.05, 0.1) is 0 Å². The molecule has 0 aromatic heterocycles. The zero-order chi connectivity index (χ0) is 12.1. The first-order valence-electron chi connectivity index (χ1n) is 6.64. The van der Waals surface area contributed by atoms with E-state index in [1.165, 1.54) is 18.4 Å². The molecular weight excluding hydrogens is 210 g/mol. The maximum absolute atomic E-state index is 12.3. The van der Waals surface area contributed by atoms with Crippen LogP contribution in [0.1, 0.15) is 38.2 Å². The second-order valence-corrected chi connectivity index (χ2v) is 4.82. The van der Waals surface area contributed by atoms with Crippen LogP contribution in [-0.4, -0.2) is 17.4 Å². The summed E-state index contributed by atoms with van der Waals surface area (Å²) in [6, 6.07) is 10.3. The lowest BCUT2D eigenvalue weighted by atomic mass is 10.1. The van der Waals surface area contributed by atoms with E-state index in [1.807, 2.05) is 23.1 Å². The molecule has 1 amide bonds. The summed E-state index contributed by atoms with van der Waals surface area (Å²) in [5.74, 6) is 0.646. The van der Waals surface area contributed by atoms with Crippen molar-refractivity contribution in [3.8, 4) is 0 Å². The SMILES string of the molecule is CCN(Cc1ccccc1)C(=O)C1CCCC1. The van der Waals surface area contributed by atoms with E-state index in [2.05, 4.69) is 19.1 Å². The Labute approximate surface area is 104 Å². The molecule has 1 aliphatic carbocycles. The van der Waals surface area contributed by atoms with Crippen LogP contribution >= 0.6 is 0 Å². The number of carbonyl (C=O) groups is 1. The van der Waals surface area contributed by atoms with Crippen LogP contribution in [0.5, 0.6) is 0 Å². The van der Waals surface area contributed by atoms with E-state index in [4.69, 9.17) is 0 Å². The topological polar surface area (TPSA) is 20.3 Å². The summed E-state index contributed by atoms with van der Waals surface area (Å²) in [5, 5.41) is 0. The van der Waals surface area contributed by atoms with Crippen molar-refractivity contribution in [1.82, 2.24) is 4.90 Å². The fourth-order valence-electron chi connectivity index (χ4n) is 2.58. The second-order valence-electron chi connectivity index (χ2n) is 4.82. The molecule has 0 unspecified atom stereocenters. The third-order valence-corrected chi connectivity index (χ3v) is 3.61. The third kappa shape index (κ3) is 3.09. The second kappa shape index (κ2) is 5.85. The van der Waals surface area contributed by atoms with Crippen LogP contribution < -0.4 is 0 Å². The Hall–Kier alpha value is -1.31. The van der Waals surface area contributed by atoms with Crippen LogP contribution in [0, 0.1) is 5.92 Å². The predicted octanol–water partition coefficient (Wildman–Crippen LogP) is 3.23. The Balaban J connectivity index is 1.98. The molecule has 2 rings (SSSR count). The number of nitrogens with zero attached hydrogens (tertiary/aromatic N) is 1. The zero-order valence-corrected chi connectivity index (χ0v) is 10.6. The Bertz CT molecular complexity index is 354. The van der Waals surface area contributed by atoms with Crippen molar-refractivity contribution in [3.05, 3.63) is 35.9 Å². The first-order valence-corrected chi connectivity index (χ1v) is 6.64. The zero-order valence-electron chi connectivity index (χ0n) is 10.6. The molecule has 2 heteroatoms. The highest BCUT2D eigenvalue weighted by molar-refractivity contribution is 5.79. The summed E-state index contributed by atoms with van der Waals surface area (Å²) in [5.41, 5.74) is 1.22. The molecule has 0 bridgehead atoms. The molecule has 0 spiro atoms. The molecule has 0 radical (unpaired) electrons. The van der Waals surface area contributed by atoms with E-state index in [1.54, 1.807) is 0 Å². The number of carbonyl (C=O) groups excluding carboxylic acids is 1. The molecule has 1 saturated carbocycles. The molecule has 0 aliphatic heterocycles. The van der Waals surface area contributed by atoms with Crippen molar-refractivity contribution >= 4 is 5.91 Å². The lowest BCUT2D eigenvalue weighted by Gasteiger charge is -2.24. The molecule has 1 fully saturated rings. The van der Waals surface area contributed by atoms with Gasteiger partial charge in [0, 0.05) is 19.0 Å². The minimum absolute atomic E-state index is 0.290. The number of hydrogen-bond donors (Lipinski definition) is 0. The molecule has 17 heavy (non-hydrogen) atoms. The van der Waals surface area contributed by atoms with Crippen LogP contribution in [0.3, 0.4) is 0 Å². The van der Waals surface area contributed by atoms with E-state index < -0.39 is 0 Å². The number of hydrogen-bond acceptors (Lipinski definition) is 1. The van der Waals surface area contributed by atoms with Crippen molar-refractivity contribution in [2.45, 2.75) is 39.2 Å². The van der Waals surface area contributed by atoms with Gasteiger partial charge >= 0.3 is 0 Å². The summed E-state index contributed by atoms with van der Waals surface area (Å²) < 4.78 is 0. The normalized spacial score (nSPS) is 16.1. The van der Waals surface area contributed by atoms with Crippen LogP contribution in [0.15, 0.2) is 30.3 Å². The van der Waals surface area contributed by atoms with E-state index in [-0.39, 0.29) is 0 Å². The quantitative estimate of drug-likeness (QED) is 0.779. The Morgan fingerprint density at radius 3 is 2.47 bits per heavy atom. The molecule has 0 saturated heterocycles. The highest BCUT2D eigenvalue weighted by atomic mass is 16.2. The van der Waals surface area contributed by atoms with Crippen molar-refractivity contribution in [2.24, 2.45) is 5.92 Å². The van der Waals surface area contributed by atoms with Gasteiger partial charge in [-0.25, -0.2) is 0 Å². The van der Waals surface area contributed by atoms with Crippen molar-refractivity contribution in [2.75, 3.05) is 6.54 Å². The van der Waals surface area contributed by atoms with E-state index in [9.17, 15) is 4.79 Å². The van der Waals surface area contributed by atoms with Crippen LogP contribution in [0.2, 0.25) is 0 Å². The monoisotopic (exact) mass is 231 g/mol. The minimum Gasteiger partial charge on any atom is -0.338 e. The van der Waals surface area contributed by atoms with Crippen molar-refractivity contribution in [3.63, 3.8) is 0 Å². The smallest absolute Gasteiger partial charge is 0.225 e. The Kier molecular flexibility index (Phi) is 4.18. The van der Waals surface area contributed by atoms with E-state index >= 15 is 0 Å². The molecule has 1 aromatic rings. The van der Waals surface area contributed by atoms with Crippen molar-refractivity contribution in [1.29, 1.82) is 0 Å². The molecule has 92 valence electrons. The van der Waals surface area contributed by atoms with Gasteiger partial charge in [-0.05, 0) is 25.3 Å². The average Bonchev–Trinajstić information content (AvgIpc) is 2.90. The maximum atomic E-state index is 12.3. The molecule has 0 atom stereocenters. The highest BCUT2D eigenvalue weighted by Crippen LogP contribution is 2.27. The Morgan fingerprint density at radius 1 is 1.24 bits per heavy atom. The lowest BCUT2D eigenvalue weighted by Crippen LogP contribution is -2.34. The summed E-state index contributed by atoms with van der Waals surface area (Å²) in [4.78, 5) is 14.3. The molecular formula is C15H21NO. The first kappa shape index (κ1) is 12.2. The number of amides is 1. The number of rotatable bonds is 4. The van der Waals surface area contributed by atoms with Crippen molar-refractivity contribution < 1.29 is 4.79 Å². The van der Waals surface area contributed by atoms with Gasteiger partial charge in [0.25, 0.3) is 0 Å². The van der Waals surface area contributed by atoms with Crippen LogP contribution in [-0.2, 0) is 11.3 Å². The first-order chi connectivity index (χ1) is 8.31. The standard InChI is InChI=1S/C15H21NO/c1-2-16(12-13-8-4-3-5-9-13)15(17)14-10-6-7-11-14/h3-5,8-9,14H,2,6-7,10-12H2,1H3. The molecule has 1 aromatic carbocycles. The van der Waals surface area contributed by atoms with Crippen LogP contribution in [0.4, 0.5) is 0 Å². The van der Waals surface area contributed by atoms with Gasteiger partial charge in [-0.15, -0.1) is 0 Å². The van der Waals surface area contributed by atoms with Gasteiger partial charge in [0.15, 0.2) is 0 Å². The summed E-state index contributed by atoms with van der Waals surface area (Å²) >= 11 is 0. The molecule has 0 heterocycles. The largest absolute Gasteiger partial charge is 0.338 e. The van der Waals surface area contributed by atoms with Gasteiger partial charge < -0.3 is 4.90 Å². The van der Waals surface area contributed by atoms with E-state index in [0.29, 0.717) is 11.8 Å². The summed E-state index contributed by atoms with van der Waals surface area (Å²) in [6.07, 6.45) is 4.62. The van der Waals surface area contributed by atoms with Gasteiger partial charge in [-0.3, -0.25) is 4.79 Å². The number of benzene rings is 1. The average molecular weight is 231 g/mol. The lowest BCUT2D eigenvalue weighted by molar-refractivity contribution is -0.135. The van der Waals surface area contributed by atoms with Gasteiger partial charge in [0.2, 0.25) is 5.91 Å².